The zero-order valence-corrected chi connectivity index (χ0v) is 12.6. The first kappa shape index (κ1) is 15.7. The van der Waals surface area contributed by atoms with Crippen molar-refractivity contribution in [3.8, 4) is 5.75 Å². The lowest BCUT2D eigenvalue weighted by Crippen LogP contribution is -2.22. The van der Waals surface area contributed by atoms with Gasteiger partial charge in [0, 0.05) is 18.0 Å². The summed E-state index contributed by atoms with van der Waals surface area (Å²) < 4.78 is 43.9. The second-order valence-corrected chi connectivity index (χ2v) is 5.70. The molecule has 1 aromatic carbocycles. The lowest BCUT2D eigenvalue weighted by molar-refractivity contribution is 0.134. The van der Waals surface area contributed by atoms with E-state index in [0.717, 1.165) is 16.6 Å². The maximum Gasteiger partial charge on any atom is 0.155 e. The first-order valence-corrected chi connectivity index (χ1v) is 7.30. The zero-order chi connectivity index (χ0) is 15.4. The van der Waals surface area contributed by atoms with Gasteiger partial charge in [0.2, 0.25) is 0 Å². The molecule has 2 aromatic rings. The molecule has 0 saturated heterocycles. The maximum absolute atomic E-state index is 13.4. The summed E-state index contributed by atoms with van der Waals surface area (Å²) in [6.45, 7) is 0.0355. The van der Waals surface area contributed by atoms with Crippen LogP contribution >= 0.6 is 11.3 Å². The van der Waals surface area contributed by atoms with Crippen LogP contribution in [0, 0.1) is 12.7 Å². The molecule has 2 rings (SSSR count). The molecule has 0 unspecified atom stereocenters. The molecule has 0 aliphatic rings. The van der Waals surface area contributed by atoms with Gasteiger partial charge in [0.05, 0.1) is 11.4 Å². The summed E-state index contributed by atoms with van der Waals surface area (Å²) in [5.41, 5.74) is 1.50. The van der Waals surface area contributed by atoms with E-state index in [4.69, 9.17) is 4.74 Å². The summed E-state index contributed by atoms with van der Waals surface area (Å²) in [5.74, 6) is -0.385. The monoisotopic (exact) mass is 315 g/mol. The Morgan fingerprint density at radius 2 is 1.90 bits per heavy atom. The molecule has 0 bridgehead atoms. The largest absolute Gasteiger partial charge is 0.483 e. The van der Waals surface area contributed by atoms with Crippen LogP contribution < -0.4 is 9.64 Å². The molecular weight excluding hydrogens is 299 g/mol. The fraction of sp³-hybridized carbons (Fsp3) is 0.333. The topological polar surface area (TPSA) is 12.5 Å². The Morgan fingerprint density at radius 3 is 2.48 bits per heavy atom. The van der Waals surface area contributed by atoms with Crippen LogP contribution in [0.15, 0.2) is 29.6 Å². The minimum absolute atomic E-state index is 0.128. The van der Waals surface area contributed by atoms with Crippen LogP contribution in [0.1, 0.15) is 4.88 Å². The predicted molar refractivity (Wildman–Crippen MR) is 79.9 cm³/mol. The van der Waals surface area contributed by atoms with E-state index < -0.39 is 25.3 Å². The van der Waals surface area contributed by atoms with Crippen LogP contribution in [0.2, 0.25) is 0 Å². The highest BCUT2D eigenvalue weighted by Gasteiger charge is 2.17. The van der Waals surface area contributed by atoms with Gasteiger partial charge < -0.3 is 9.64 Å². The summed E-state index contributed by atoms with van der Waals surface area (Å²) >= 11 is 1.58. The van der Waals surface area contributed by atoms with E-state index >= 15 is 0 Å². The first-order chi connectivity index (χ1) is 10.1. The van der Waals surface area contributed by atoms with Gasteiger partial charge in [-0.25, -0.2) is 13.2 Å². The molecule has 21 heavy (non-hydrogen) atoms. The van der Waals surface area contributed by atoms with Crippen LogP contribution in [0.25, 0.3) is 0 Å². The Bertz CT molecular complexity index is 598. The second kappa shape index (κ2) is 6.85. The normalized spacial score (nSPS) is 11.0. The van der Waals surface area contributed by atoms with Crippen molar-refractivity contribution in [3.63, 3.8) is 0 Å². The molecule has 114 valence electrons. The Kier molecular flexibility index (Phi) is 5.12. The van der Waals surface area contributed by atoms with Crippen molar-refractivity contribution in [3.05, 3.63) is 40.3 Å². The average molecular weight is 315 g/mol. The predicted octanol–water partition coefficient (Wildman–Crippen LogP) is 4.65. The number of alkyl halides is 2. The lowest BCUT2D eigenvalue weighted by atomic mass is 10.2. The molecule has 0 radical (unpaired) electrons. The van der Waals surface area contributed by atoms with Gasteiger partial charge in [0.25, 0.3) is 0 Å². The molecule has 0 amide bonds. The third-order valence-corrected chi connectivity index (χ3v) is 3.95. The number of rotatable bonds is 6. The molecule has 0 fully saturated rings. The Balaban J connectivity index is 2.36. The van der Waals surface area contributed by atoms with E-state index in [0.29, 0.717) is 5.69 Å². The molecule has 0 aliphatic heterocycles. The van der Waals surface area contributed by atoms with Crippen LogP contribution in [0.4, 0.5) is 24.5 Å². The fourth-order valence-corrected chi connectivity index (χ4v) is 2.73. The summed E-state index contributed by atoms with van der Waals surface area (Å²) in [4.78, 5) is 2.90. The van der Waals surface area contributed by atoms with Crippen LogP contribution in [-0.4, -0.2) is 26.5 Å². The minimum atomic E-state index is -1.22. The maximum atomic E-state index is 13.4. The molecule has 0 N–H and O–H groups in total. The molecule has 1 heterocycles. The molecule has 0 atom stereocenters. The number of thiophene rings is 1. The number of nitrogens with zero attached hydrogens (tertiary/aromatic N) is 1. The van der Waals surface area contributed by atoms with Crippen molar-refractivity contribution in [1.29, 1.82) is 0 Å². The Hall–Kier alpha value is -1.69. The average Bonchev–Trinajstić information content (AvgIpc) is 2.90. The number of hydrogen-bond donors (Lipinski definition) is 0. The summed E-state index contributed by atoms with van der Waals surface area (Å²) in [5, 5.41) is 1.94. The van der Waals surface area contributed by atoms with Crippen molar-refractivity contribution >= 4 is 22.7 Å². The van der Waals surface area contributed by atoms with E-state index in [9.17, 15) is 13.2 Å². The van der Waals surface area contributed by atoms with Crippen LogP contribution in [0.3, 0.4) is 0 Å². The highest BCUT2D eigenvalue weighted by molar-refractivity contribution is 7.10. The fourth-order valence-electron chi connectivity index (χ4n) is 2.00. The minimum Gasteiger partial charge on any atom is -0.483 e. The molecular formula is C15H16F3NOS. The number of benzene rings is 1. The zero-order valence-electron chi connectivity index (χ0n) is 11.8. The van der Waals surface area contributed by atoms with Gasteiger partial charge in [-0.2, -0.15) is 0 Å². The van der Waals surface area contributed by atoms with E-state index in [1.54, 1.807) is 18.4 Å². The highest BCUT2D eigenvalue weighted by atomic mass is 32.1. The number of anilines is 2. The van der Waals surface area contributed by atoms with Crippen molar-refractivity contribution in [2.75, 3.05) is 25.3 Å². The first-order valence-electron chi connectivity index (χ1n) is 6.42. The second-order valence-electron chi connectivity index (χ2n) is 4.58. The van der Waals surface area contributed by atoms with Crippen molar-refractivity contribution in [1.82, 2.24) is 0 Å². The molecule has 2 nitrogen and oxygen atoms in total. The van der Waals surface area contributed by atoms with Crippen molar-refractivity contribution < 1.29 is 17.9 Å². The van der Waals surface area contributed by atoms with E-state index in [1.807, 2.05) is 23.3 Å². The van der Waals surface area contributed by atoms with Crippen LogP contribution in [-0.2, 0) is 0 Å². The number of hydrogen-bond acceptors (Lipinski definition) is 3. The smallest absolute Gasteiger partial charge is 0.155 e. The van der Waals surface area contributed by atoms with E-state index in [2.05, 4.69) is 0 Å². The van der Waals surface area contributed by atoms with Gasteiger partial charge in [-0.15, -0.1) is 11.3 Å². The van der Waals surface area contributed by atoms with Gasteiger partial charge in [0.15, 0.2) is 6.10 Å². The SMILES string of the molecule is Cc1sccc1N(C)c1ccc(F)cc1OC(CF)CF. The molecule has 0 aliphatic carbocycles. The number of halogens is 3. The van der Waals surface area contributed by atoms with Crippen molar-refractivity contribution in [2.24, 2.45) is 0 Å². The Labute approximate surface area is 125 Å². The Morgan fingerprint density at radius 1 is 1.19 bits per heavy atom. The third kappa shape index (κ3) is 3.50. The van der Waals surface area contributed by atoms with Crippen molar-refractivity contribution in [2.45, 2.75) is 13.0 Å². The van der Waals surface area contributed by atoms with E-state index in [1.165, 1.54) is 12.1 Å². The molecule has 1 aromatic heterocycles. The summed E-state index contributed by atoms with van der Waals surface area (Å²) in [6.07, 6.45) is -1.22. The molecule has 0 saturated carbocycles. The van der Waals surface area contributed by atoms with Crippen LogP contribution in [0.5, 0.6) is 5.75 Å². The van der Waals surface area contributed by atoms with E-state index in [-0.39, 0.29) is 5.75 Å². The number of ether oxygens (including phenoxy) is 1. The lowest BCUT2D eigenvalue weighted by Gasteiger charge is -2.24. The number of aryl methyl sites for hydroxylation is 1. The van der Waals surface area contributed by atoms with Gasteiger partial charge in [-0.05, 0) is 30.5 Å². The summed E-state index contributed by atoms with van der Waals surface area (Å²) in [7, 11) is 1.80. The third-order valence-electron chi connectivity index (χ3n) is 3.11. The van der Waals surface area contributed by atoms with Gasteiger partial charge in [-0.1, -0.05) is 0 Å². The summed E-state index contributed by atoms with van der Waals surface area (Å²) in [6, 6.07) is 5.90. The standard InChI is InChI=1S/C15H16F3NOS/c1-10-13(5-6-21-10)19(2)14-4-3-11(18)7-15(14)20-12(8-16)9-17/h3-7,12H,8-9H2,1-2H3. The molecule has 6 heteroatoms. The highest BCUT2D eigenvalue weighted by Crippen LogP contribution is 2.36. The molecule has 0 spiro atoms. The van der Waals surface area contributed by atoms with Gasteiger partial charge >= 0.3 is 0 Å². The van der Waals surface area contributed by atoms with Gasteiger partial charge in [0.1, 0.15) is 24.9 Å². The van der Waals surface area contributed by atoms with Gasteiger partial charge in [-0.3, -0.25) is 0 Å². The quantitative estimate of drug-likeness (QED) is 0.769.